The van der Waals surface area contributed by atoms with Crippen LogP contribution in [0, 0.1) is 0 Å². The van der Waals surface area contributed by atoms with Gasteiger partial charge < -0.3 is 20.5 Å². The van der Waals surface area contributed by atoms with E-state index < -0.39 is 0 Å². The fourth-order valence-corrected chi connectivity index (χ4v) is 3.12. The van der Waals surface area contributed by atoms with E-state index in [9.17, 15) is 9.59 Å². The Labute approximate surface area is 172 Å². The van der Waals surface area contributed by atoms with Crippen molar-refractivity contribution in [1.29, 1.82) is 0 Å². The molecule has 2 aromatic heterocycles. The topological polar surface area (TPSA) is 109 Å². The van der Waals surface area contributed by atoms with Crippen LogP contribution in [0.5, 0.6) is 0 Å². The summed E-state index contributed by atoms with van der Waals surface area (Å²) in [6.45, 7) is 4.48. The molecule has 2 heterocycles. The molecule has 3 rings (SSSR count). The molecule has 152 valence electrons. The first-order chi connectivity index (χ1) is 14.0. The van der Waals surface area contributed by atoms with Crippen molar-refractivity contribution in [2.24, 2.45) is 0 Å². The lowest BCUT2D eigenvalue weighted by molar-refractivity contribution is 0.103. The third kappa shape index (κ3) is 6.15. The van der Waals surface area contributed by atoms with E-state index in [1.807, 2.05) is 25.3 Å². The maximum Gasteiger partial charge on any atom is 0.319 e. The van der Waals surface area contributed by atoms with E-state index >= 15 is 0 Å². The molecule has 9 heteroatoms. The molecule has 8 nitrogen and oxygen atoms in total. The Hall–Kier alpha value is -3.20. The molecule has 3 N–H and O–H groups in total. The van der Waals surface area contributed by atoms with Gasteiger partial charge in [-0.25, -0.2) is 4.79 Å². The van der Waals surface area contributed by atoms with E-state index in [4.69, 9.17) is 4.52 Å². The van der Waals surface area contributed by atoms with Crippen LogP contribution >= 0.6 is 11.3 Å². The molecule has 0 radical (unpaired) electrons. The van der Waals surface area contributed by atoms with Crippen LogP contribution in [0.4, 0.5) is 16.2 Å². The fourth-order valence-electron chi connectivity index (χ4n) is 2.50. The highest BCUT2D eigenvalue weighted by atomic mass is 32.1. The van der Waals surface area contributed by atoms with E-state index in [2.05, 4.69) is 26.1 Å². The summed E-state index contributed by atoms with van der Waals surface area (Å²) < 4.78 is 5.18. The molecule has 0 aliphatic heterocycles. The van der Waals surface area contributed by atoms with Gasteiger partial charge in [0.05, 0.1) is 4.88 Å². The number of aromatic nitrogens is 2. The Bertz CT molecular complexity index is 953. The van der Waals surface area contributed by atoms with Crippen LogP contribution in [0.2, 0.25) is 0 Å². The molecule has 3 amide bonds. The monoisotopic (exact) mass is 413 g/mol. The van der Waals surface area contributed by atoms with E-state index in [1.54, 1.807) is 30.3 Å². The van der Waals surface area contributed by atoms with Crippen molar-refractivity contribution < 1.29 is 14.1 Å². The average Bonchev–Trinajstić information content (AvgIpc) is 3.37. The molecule has 0 saturated heterocycles. The van der Waals surface area contributed by atoms with E-state index in [0.717, 1.165) is 0 Å². The summed E-state index contributed by atoms with van der Waals surface area (Å²) in [5.74, 6) is 1.31. The van der Waals surface area contributed by atoms with Gasteiger partial charge in [-0.3, -0.25) is 4.79 Å². The van der Waals surface area contributed by atoms with Crippen molar-refractivity contribution in [3.63, 3.8) is 0 Å². The summed E-state index contributed by atoms with van der Waals surface area (Å²) in [6, 6.07) is 10.3. The van der Waals surface area contributed by atoms with Crippen LogP contribution in [0.25, 0.3) is 0 Å². The molecule has 0 bridgehead atoms. The van der Waals surface area contributed by atoms with Gasteiger partial charge in [0.2, 0.25) is 5.89 Å². The largest absolute Gasteiger partial charge is 0.339 e. The van der Waals surface area contributed by atoms with Gasteiger partial charge >= 0.3 is 6.03 Å². The first-order valence-corrected chi connectivity index (χ1v) is 10.2. The second-order valence-corrected chi connectivity index (χ2v) is 7.65. The Kier molecular flexibility index (Phi) is 6.96. The summed E-state index contributed by atoms with van der Waals surface area (Å²) in [5.41, 5.74) is 1.20. The summed E-state index contributed by atoms with van der Waals surface area (Å²) in [6.07, 6.45) is 1.29. The minimum Gasteiger partial charge on any atom is -0.339 e. The van der Waals surface area contributed by atoms with Crippen molar-refractivity contribution in [2.75, 3.05) is 17.2 Å². The number of nitrogens with one attached hydrogen (secondary N) is 3. The third-order valence-corrected chi connectivity index (χ3v) is 4.85. The van der Waals surface area contributed by atoms with Crippen molar-refractivity contribution in [2.45, 2.75) is 32.6 Å². The molecule has 3 aromatic rings. The molecular weight excluding hydrogens is 390 g/mol. The van der Waals surface area contributed by atoms with Gasteiger partial charge in [-0.1, -0.05) is 31.1 Å². The van der Waals surface area contributed by atoms with Crippen LogP contribution in [0.15, 0.2) is 46.3 Å². The lowest BCUT2D eigenvalue weighted by Crippen LogP contribution is -2.29. The second-order valence-electron chi connectivity index (χ2n) is 6.70. The first kappa shape index (κ1) is 20.5. The summed E-state index contributed by atoms with van der Waals surface area (Å²) in [4.78, 5) is 29.1. The maximum atomic E-state index is 12.1. The number of aryl methyl sites for hydroxylation is 1. The number of anilines is 2. The SMILES string of the molecule is CC(C)c1noc(CCCNC(=O)Nc2cccc(NC(=O)c3cccs3)c2)n1. The van der Waals surface area contributed by atoms with Crippen LogP contribution in [0.1, 0.15) is 47.6 Å². The summed E-state index contributed by atoms with van der Waals surface area (Å²) in [7, 11) is 0. The van der Waals surface area contributed by atoms with Crippen molar-refractivity contribution >= 4 is 34.6 Å². The number of urea groups is 1. The molecule has 0 saturated carbocycles. The van der Waals surface area contributed by atoms with E-state index in [0.29, 0.717) is 47.4 Å². The van der Waals surface area contributed by atoms with Crippen LogP contribution in [0.3, 0.4) is 0 Å². The lowest BCUT2D eigenvalue weighted by Gasteiger charge is -2.09. The van der Waals surface area contributed by atoms with Gasteiger partial charge in [-0.2, -0.15) is 4.98 Å². The molecule has 0 fully saturated rings. The van der Waals surface area contributed by atoms with Crippen LogP contribution in [-0.4, -0.2) is 28.6 Å². The Morgan fingerprint density at radius 2 is 1.93 bits per heavy atom. The molecule has 0 atom stereocenters. The molecule has 1 aromatic carbocycles. The highest BCUT2D eigenvalue weighted by Crippen LogP contribution is 2.17. The van der Waals surface area contributed by atoms with Gasteiger partial charge in [0.25, 0.3) is 5.91 Å². The summed E-state index contributed by atoms with van der Waals surface area (Å²) in [5, 5.41) is 14.1. The Morgan fingerprint density at radius 3 is 2.62 bits per heavy atom. The van der Waals surface area contributed by atoms with Crippen LogP contribution < -0.4 is 16.0 Å². The molecule has 0 aliphatic rings. The number of thiophene rings is 1. The number of hydrogen-bond donors (Lipinski definition) is 3. The normalized spacial score (nSPS) is 10.7. The van der Waals surface area contributed by atoms with E-state index in [1.165, 1.54) is 11.3 Å². The number of benzene rings is 1. The average molecular weight is 414 g/mol. The Morgan fingerprint density at radius 1 is 1.14 bits per heavy atom. The number of hydrogen-bond acceptors (Lipinski definition) is 6. The van der Waals surface area contributed by atoms with Gasteiger partial charge in [0, 0.05) is 30.3 Å². The van der Waals surface area contributed by atoms with Gasteiger partial charge in [-0.05, 0) is 36.1 Å². The third-order valence-electron chi connectivity index (χ3n) is 3.98. The zero-order valence-electron chi connectivity index (χ0n) is 16.3. The van der Waals surface area contributed by atoms with Crippen molar-refractivity contribution in [3.05, 3.63) is 58.4 Å². The van der Waals surface area contributed by atoms with Crippen molar-refractivity contribution in [3.8, 4) is 0 Å². The minimum absolute atomic E-state index is 0.178. The van der Waals surface area contributed by atoms with Gasteiger partial charge in [-0.15, -0.1) is 11.3 Å². The molecule has 29 heavy (non-hydrogen) atoms. The minimum atomic E-state index is -0.319. The zero-order valence-corrected chi connectivity index (χ0v) is 17.1. The van der Waals surface area contributed by atoms with Crippen LogP contribution in [-0.2, 0) is 6.42 Å². The number of carbonyl (C=O) groups is 2. The second kappa shape index (κ2) is 9.83. The molecule has 0 aliphatic carbocycles. The maximum absolute atomic E-state index is 12.1. The standard InChI is InChI=1S/C20H23N5O3S/c1-13(2)18-24-17(28-25-18)9-4-10-21-20(27)23-15-7-3-6-14(12-15)22-19(26)16-8-5-11-29-16/h3,5-8,11-13H,4,9-10H2,1-2H3,(H,22,26)(H2,21,23,27). The smallest absolute Gasteiger partial charge is 0.319 e. The molecule has 0 unspecified atom stereocenters. The highest BCUT2D eigenvalue weighted by Gasteiger charge is 2.10. The van der Waals surface area contributed by atoms with Gasteiger partial charge in [0.1, 0.15) is 0 Å². The van der Waals surface area contributed by atoms with Crippen molar-refractivity contribution in [1.82, 2.24) is 15.5 Å². The Balaban J connectivity index is 1.42. The quantitative estimate of drug-likeness (QED) is 0.478. The fraction of sp³-hybridized carbons (Fsp3) is 0.300. The first-order valence-electron chi connectivity index (χ1n) is 9.33. The van der Waals surface area contributed by atoms with E-state index in [-0.39, 0.29) is 17.9 Å². The summed E-state index contributed by atoms with van der Waals surface area (Å²) >= 11 is 1.37. The lowest BCUT2D eigenvalue weighted by atomic mass is 10.2. The number of carbonyl (C=O) groups excluding carboxylic acids is 2. The predicted octanol–water partition coefficient (Wildman–Crippen LogP) is 4.26. The number of amides is 3. The predicted molar refractivity (Wildman–Crippen MR) is 112 cm³/mol. The molecular formula is C20H23N5O3S. The highest BCUT2D eigenvalue weighted by molar-refractivity contribution is 7.12. The van der Waals surface area contributed by atoms with Gasteiger partial charge in [0.15, 0.2) is 5.82 Å². The number of nitrogens with zero attached hydrogens (tertiary/aromatic N) is 2. The zero-order chi connectivity index (χ0) is 20.6. The number of rotatable bonds is 8. The molecule has 0 spiro atoms.